The maximum absolute atomic E-state index is 13.1. The van der Waals surface area contributed by atoms with Crippen LogP contribution >= 0.6 is 0 Å². The summed E-state index contributed by atoms with van der Waals surface area (Å²) in [5.41, 5.74) is 5.77. The molecule has 1 aliphatic heterocycles. The Morgan fingerprint density at radius 1 is 0.828 bits per heavy atom. The monoisotopic (exact) mass is 381 g/mol. The van der Waals surface area contributed by atoms with E-state index >= 15 is 0 Å². The molecule has 6 rings (SSSR count). The molecular weight excluding hydrogens is 366 g/mol. The van der Waals surface area contributed by atoms with Crippen LogP contribution in [0.2, 0.25) is 0 Å². The lowest BCUT2D eigenvalue weighted by molar-refractivity contribution is -0.122. The van der Waals surface area contributed by atoms with Gasteiger partial charge in [-0.1, -0.05) is 24.3 Å². The van der Waals surface area contributed by atoms with Gasteiger partial charge in [0, 0.05) is 29.2 Å². The first-order chi connectivity index (χ1) is 14.2. The molecule has 2 aromatic heterocycles. The van der Waals surface area contributed by atoms with Crippen LogP contribution in [0.5, 0.6) is 0 Å². The Morgan fingerprint density at radius 2 is 1.55 bits per heavy atom. The van der Waals surface area contributed by atoms with Gasteiger partial charge in [0.05, 0.1) is 5.69 Å². The smallest absolute Gasteiger partial charge is 0.322 e. The van der Waals surface area contributed by atoms with Crippen molar-refractivity contribution in [2.24, 2.45) is 0 Å². The van der Waals surface area contributed by atoms with Gasteiger partial charge in [-0.05, 0) is 52.6 Å². The molecule has 2 aromatic carbocycles. The molecule has 3 amide bonds. The molecule has 1 atom stereocenters. The third-order valence-electron chi connectivity index (χ3n) is 5.73. The number of H-pyrrole nitrogens is 2. The predicted octanol–water partition coefficient (Wildman–Crippen LogP) is 3.14. The maximum atomic E-state index is 13.1. The Morgan fingerprint density at radius 3 is 2.10 bits per heavy atom. The fraction of sp³-hybridized carbons (Fsp3) is 0.0455. The summed E-state index contributed by atoms with van der Waals surface area (Å²) in [4.78, 5) is 28.5. The first-order valence-corrected chi connectivity index (χ1v) is 9.23. The van der Waals surface area contributed by atoms with E-state index in [0.717, 1.165) is 44.8 Å². The van der Waals surface area contributed by atoms with Gasteiger partial charge >= 0.3 is 6.03 Å². The topological polar surface area (TPSA) is 103 Å². The highest BCUT2D eigenvalue weighted by atomic mass is 16.2. The summed E-state index contributed by atoms with van der Waals surface area (Å²) >= 11 is 0. The number of fused-ring (bicyclic) bond motifs is 5. The molecule has 0 radical (unpaired) electrons. The van der Waals surface area contributed by atoms with Crippen LogP contribution in [0, 0.1) is 0 Å². The van der Waals surface area contributed by atoms with E-state index in [1.807, 2.05) is 60.8 Å². The van der Waals surface area contributed by atoms with Crippen LogP contribution in [0.4, 0.5) is 4.79 Å². The summed E-state index contributed by atoms with van der Waals surface area (Å²) in [7, 11) is 0. The standard InChI is InChI=1S/C22H15N5O2/c28-20-22(26-21(29)25-20)16-10-12(18-2-1-8-23-18)3-5-14(16)15-6-4-13(11-17(15)22)19-7-9-24-27-19/h1-11,23H,(H,24,27)(H2,25,26,28,29). The SMILES string of the molecule is O=C1NC(=O)C2(N1)c1cc(-c3ccc[nH]3)ccc1-c1ccc(-c3ccn[nH]3)cc12. The highest BCUT2D eigenvalue weighted by molar-refractivity contribution is 6.13. The molecule has 2 aliphatic rings. The van der Waals surface area contributed by atoms with Gasteiger partial charge in [0.15, 0.2) is 5.54 Å². The Hall–Kier alpha value is -4.13. The lowest BCUT2D eigenvalue weighted by Crippen LogP contribution is -2.43. The number of hydrogen-bond donors (Lipinski definition) is 4. The van der Waals surface area contributed by atoms with Crippen LogP contribution in [0.25, 0.3) is 33.6 Å². The molecule has 0 saturated carbocycles. The van der Waals surface area contributed by atoms with Crippen molar-refractivity contribution in [3.05, 3.63) is 78.1 Å². The number of urea groups is 1. The molecule has 1 aliphatic carbocycles. The van der Waals surface area contributed by atoms with Gasteiger partial charge in [0.1, 0.15) is 0 Å². The molecule has 7 nitrogen and oxygen atoms in total. The second-order valence-corrected chi connectivity index (χ2v) is 7.23. The molecule has 29 heavy (non-hydrogen) atoms. The van der Waals surface area contributed by atoms with Crippen LogP contribution in [-0.2, 0) is 10.3 Å². The molecule has 0 bridgehead atoms. The van der Waals surface area contributed by atoms with Gasteiger partial charge in [-0.3, -0.25) is 15.2 Å². The first-order valence-electron chi connectivity index (χ1n) is 9.23. The van der Waals surface area contributed by atoms with E-state index in [1.54, 1.807) is 6.20 Å². The number of rotatable bonds is 2. The van der Waals surface area contributed by atoms with Crippen LogP contribution in [0.15, 0.2) is 67.0 Å². The Kier molecular flexibility index (Phi) is 2.98. The summed E-state index contributed by atoms with van der Waals surface area (Å²) in [6, 6.07) is 17.2. The Labute approximate surface area is 165 Å². The average molecular weight is 381 g/mol. The molecule has 3 heterocycles. The molecule has 1 saturated heterocycles. The highest BCUT2D eigenvalue weighted by Crippen LogP contribution is 2.50. The number of aromatic amines is 2. The number of nitrogens with zero attached hydrogens (tertiary/aromatic N) is 1. The van der Waals surface area contributed by atoms with Crippen molar-refractivity contribution in [2.45, 2.75) is 5.54 Å². The molecule has 1 fully saturated rings. The minimum atomic E-state index is -1.25. The summed E-state index contributed by atoms with van der Waals surface area (Å²) in [5, 5.41) is 12.3. The molecular formula is C22H15N5O2. The highest BCUT2D eigenvalue weighted by Gasteiger charge is 2.55. The lowest BCUT2D eigenvalue weighted by Gasteiger charge is -2.24. The molecule has 140 valence electrons. The van der Waals surface area contributed by atoms with Gasteiger partial charge in [-0.15, -0.1) is 0 Å². The molecule has 1 spiro atoms. The third kappa shape index (κ3) is 2.04. The van der Waals surface area contributed by atoms with Gasteiger partial charge in [0.25, 0.3) is 5.91 Å². The molecule has 4 N–H and O–H groups in total. The predicted molar refractivity (Wildman–Crippen MR) is 107 cm³/mol. The molecule has 1 unspecified atom stereocenters. The second kappa shape index (κ2) is 5.45. The lowest BCUT2D eigenvalue weighted by atomic mass is 9.86. The van der Waals surface area contributed by atoms with Crippen LogP contribution < -0.4 is 10.6 Å². The number of carbonyl (C=O) groups excluding carboxylic acids is 2. The zero-order valence-corrected chi connectivity index (χ0v) is 15.1. The molecule has 4 aromatic rings. The largest absolute Gasteiger partial charge is 0.361 e. The second-order valence-electron chi connectivity index (χ2n) is 7.23. The minimum absolute atomic E-state index is 0.368. The van der Waals surface area contributed by atoms with Gasteiger partial charge in [-0.2, -0.15) is 5.10 Å². The minimum Gasteiger partial charge on any atom is -0.361 e. The van der Waals surface area contributed by atoms with E-state index in [-0.39, 0.29) is 5.91 Å². The van der Waals surface area contributed by atoms with Crippen molar-refractivity contribution in [3.63, 3.8) is 0 Å². The van der Waals surface area contributed by atoms with Gasteiger partial charge in [-0.25, -0.2) is 4.79 Å². The normalized spacial score (nSPS) is 19.2. The van der Waals surface area contributed by atoms with Crippen LogP contribution in [-0.4, -0.2) is 27.1 Å². The van der Waals surface area contributed by atoms with E-state index in [1.165, 1.54) is 0 Å². The van der Waals surface area contributed by atoms with Gasteiger partial charge in [0.2, 0.25) is 0 Å². The van der Waals surface area contributed by atoms with E-state index in [9.17, 15) is 9.59 Å². The number of aromatic nitrogens is 3. The van der Waals surface area contributed by atoms with E-state index in [4.69, 9.17) is 0 Å². The number of hydrogen-bond acceptors (Lipinski definition) is 3. The third-order valence-corrected chi connectivity index (χ3v) is 5.73. The van der Waals surface area contributed by atoms with Gasteiger partial charge < -0.3 is 10.3 Å². The zero-order chi connectivity index (χ0) is 19.6. The van der Waals surface area contributed by atoms with Crippen molar-refractivity contribution in [2.75, 3.05) is 0 Å². The first kappa shape index (κ1) is 15.9. The van der Waals surface area contributed by atoms with E-state index < -0.39 is 11.6 Å². The summed E-state index contributed by atoms with van der Waals surface area (Å²) in [6.45, 7) is 0. The summed E-state index contributed by atoms with van der Waals surface area (Å²) < 4.78 is 0. The fourth-order valence-electron chi connectivity index (χ4n) is 4.42. The van der Waals surface area contributed by atoms with Crippen molar-refractivity contribution in [3.8, 4) is 33.6 Å². The number of imide groups is 1. The van der Waals surface area contributed by atoms with Crippen LogP contribution in [0.1, 0.15) is 11.1 Å². The van der Waals surface area contributed by atoms with E-state index in [0.29, 0.717) is 0 Å². The van der Waals surface area contributed by atoms with Crippen molar-refractivity contribution >= 4 is 11.9 Å². The fourth-order valence-corrected chi connectivity index (χ4v) is 4.42. The van der Waals surface area contributed by atoms with Crippen molar-refractivity contribution in [1.82, 2.24) is 25.8 Å². The van der Waals surface area contributed by atoms with Crippen molar-refractivity contribution in [1.29, 1.82) is 0 Å². The number of nitrogens with one attached hydrogen (secondary N) is 4. The zero-order valence-electron chi connectivity index (χ0n) is 15.1. The average Bonchev–Trinajstić information content (AvgIpc) is 3.51. The Bertz CT molecular complexity index is 1210. The van der Waals surface area contributed by atoms with Crippen LogP contribution in [0.3, 0.4) is 0 Å². The maximum Gasteiger partial charge on any atom is 0.322 e. The quantitative estimate of drug-likeness (QED) is 0.401. The summed E-state index contributed by atoms with van der Waals surface area (Å²) in [6.07, 6.45) is 3.54. The number of amides is 3. The van der Waals surface area contributed by atoms with Crippen molar-refractivity contribution < 1.29 is 9.59 Å². The summed E-state index contributed by atoms with van der Waals surface area (Å²) in [5.74, 6) is -0.368. The number of benzene rings is 2. The molecule has 7 heteroatoms. The van der Waals surface area contributed by atoms with E-state index in [2.05, 4.69) is 25.8 Å². The Balaban J connectivity index is 1.62. The number of carbonyl (C=O) groups is 2.